The average Bonchev–Trinajstić information content (AvgIpc) is 3.23. The zero-order valence-electron chi connectivity index (χ0n) is 16.5. The lowest BCUT2D eigenvalue weighted by Crippen LogP contribution is -2.14. The lowest BCUT2D eigenvalue weighted by Gasteiger charge is -2.10. The van der Waals surface area contributed by atoms with Crippen LogP contribution in [0.4, 0.5) is 5.69 Å². The Kier molecular flexibility index (Phi) is 6.49. The molecule has 2 heterocycles. The predicted octanol–water partition coefficient (Wildman–Crippen LogP) is 4.72. The van der Waals surface area contributed by atoms with Crippen molar-refractivity contribution in [2.45, 2.75) is 5.16 Å². The molecule has 0 saturated heterocycles. The number of aromatic nitrogens is 4. The van der Waals surface area contributed by atoms with E-state index in [1.165, 1.54) is 18.9 Å². The quantitative estimate of drug-likeness (QED) is 0.409. The minimum atomic E-state index is -0.187. The molecule has 0 spiro atoms. The molecule has 156 valence electrons. The van der Waals surface area contributed by atoms with Crippen LogP contribution in [0, 0.1) is 0 Å². The molecule has 1 amide bonds. The monoisotopic (exact) mass is 451 g/mol. The third-order valence-electron chi connectivity index (χ3n) is 4.31. The van der Waals surface area contributed by atoms with Gasteiger partial charge in [-0.1, -0.05) is 47.6 Å². The summed E-state index contributed by atoms with van der Waals surface area (Å²) in [4.78, 5) is 16.9. The number of nitrogens with zero attached hydrogens (tertiary/aromatic N) is 4. The fourth-order valence-electron chi connectivity index (χ4n) is 2.91. The number of carbonyl (C=O) groups is 1. The lowest BCUT2D eigenvalue weighted by atomic mass is 10.3. The maximum absolute atomic E-state index is 12.5. The third kappa shape index (κ3) is 4.87. The van der Waals surface area contributed by atoms with Gasteiger partial charge in [0.05, 0.1) is 17.9 Å². The Morgan fingerprint density at radius 2 is 1.90 bits per heavy atom. The average molecular weight is 452 g/mol. The molecule has 2 aromatic carbocycles. The number of nitrogens with one attached hydrogen (secondary N) is 1. The van der Waals surface area contributed by atoms with Gasteiger partial charge in [0.2, 0.25) is 5.91 Å². The van der Waals surface area contributed by atoms with Gasteiger partial charge < -0.3 is 10.1 Å². The Balaban J connectivity index is 1.54. The van der Waals surface area contributed by atoms with Gasteiger partial charge in [-0.3, -0.25) is 14.3 Å². The van der Waals surface area contributed by atoms with Gasteiger partial charge in [-0.15, -0.1) is 10.2 Å². The van der Waals surface area contributed by atoms with Crippen LogP contribution in [0.1, 0.15) is 0 Å². The predicted molar refractivity (Wildman–Crippen MR) is 122 cm³/mol. The van der Waals surface area contributed by atoms with Crippen LogP contribution in [0.3, 0.4) is 0 Å². The fraction of sp³-hybridized carbons (Fsp3) is 0.0909. The van der Waals surface area contributed by atoms with Gasteiger partial charge in [0, 0.05) is 17.6 Å². The van der Waals surface area contributed by atoms with Gasteiger partial charge >= 0.3 is 0 Å². The van der Waals surface area contributed by atoms with Crippen LogP contribution in [0.25, 0.3) is 17.2 Å². The summed E-state index contributed by atoms with van der Waals surface area (Å²) in [5.74, 6) is 1.12. The molecule has 0 radical (unpaired) electrons. The van der Waals surface area contributed by atoms with Crippen molar-refractivity contribution in [3.63, 3.8) is 0 Å². The minimum absolute atomic E-state index is 0.150. The summed E-state index contributed by atoms with van der Waals surface area (Å²) >= 11 is 7.41. The first-order chi connectivity index (χ1) is 15.2. The number of carbonyl (C=O) groups excluding carboxylic acids is 1. The highest BCUT2D eigenvalue weighted by atomic mass is 35.5. The normalized spacial score (nSPS) is 10.6. The Morgan fingerprint density at radius 3 is 2.61 bits per heavy atom. The molecule has 0 unspecified atom stereocenters. The van der Waals surface area contributed by atoms with Gasteiger partial charge in [0.15, 0.2) is 11.0 Å². The molecule has 31 heavy (non-hydrogen) atoms. The van der Waals surface area contributed by atoms with Crippen molar-refractivity contribution in [2.75, 3.05) is 18.2 Å². The first kappa shape index (κ1) is 20.9. The zero-order chi connectivity index (χ0) is 21.6. The number of hydrogen-bond donors (Lipinski definition) is 1. The summed E-state index contributed by atoms with van der Waals surface area (Å²) in [5.41, 5.74) is 2.18. The number of thioether (sulfide) groups is 1. The van der Waals surface area contributed by atoms with E-state index in [-0.39, 0.29) is 11.7 Å². The van der Waals surface area contributed by atoms with E-state index in [4.69, 9.17) is 16.3 Å². The van der Waals surface area contributed by atoms with Crippen molar-refractivity contribution in [2.24, 2.45) is 0 Å². The maximum Gasteiger partial charge on any atom is 0.234 e. The number of benzene rings is 2. The summed E-state index contributed by atoms with van der Waals surface area (Å²) in [6, 6.07) is 20.4. The number of amides is 1. The van der Waals surface area contributed by atoms with E-state index in [9.17, 15) is 4.79 Å². The largest absolute Gasteiger partial charge is 0.495 e. The molecule has 4 rings (SSSR count). The van der Waals surface area contributed by atoms with Crippen LogP contribution in [0.2, 0.25) is 5.02 Å². The van der Waals surface area contributed by atoms with E-state index < -0.39 is 0 Å². The van der Waals surface area contributed by atoms with E-state index in [1.807, 2.05) is 53.1 Å². The zero-order valence-corrected chi connectivity index (χ0v) is 18.1. The second-order valence-corrected chi connectivity index (χ2v) is 7.73. The van der Waals surface area contributed by atoms with Crippen LogP contribution in [-0.4, -0.2) is 38.5 Å². The molecule has 0 aliphatic carbocycles. The Bertz CT molecular complexity index is 1190. The first-order valence-corrected chi connectivity index (χ1v) is 10.7. The van der Waals surface area contributed by atoms with Crippen LogP contribution >= 0.6 is 23.4 Å². The number of pyridine rings is 1. The third-order valence-corrected chi connectivity index (χ3v) is 5.53. The second kappa shape index (κ2) is 9.63. The number of rotatable bonds is 7. The maximum atomic E-state index is 12.5. The van der Waals surface area contributed by atoms with Crippen molar-refractivity contribution < 1.29 is 9.53 Å². The number of methoxy groups -OCH3 is 1. The Morgan fingerprint density at radius 1 is 1.10 bits per heavy atom. The second-order valence-electron chi connectivity index (χ2n) is 6.38. The molecule has 4 aromatic rings. The van der Waals surface area contributed by atoms with E-state index >= 15 is 0 Å². The Hall–Kier alpha value is -3.36. The fourth-order valence-corrected chi connectivity index (χ4v) is 3.92. The van der Waals surface area contributed by atoms with Crippen molar-refractivity contribution in [1.29, 1.82) is 0 Å². The highest BCUT2D eigenvalue weighted by Gasteiger charge is 2.18. The minimum Gasteiger partial charge on any atom is -0.495 e. The summed E-state index contributed by atoms with van der Waals surface area (Å²) in [6.07, 6.45) is 1.71. The van der Waals surface area contributed by atoms with Crippen molar-refractivity contribution in [3.05, 3.63) is 77.9 Å². The van der Waals surface area contributed by atoms with Gasteiger partial charge in [-0.05, 0) is 42.5 Å². The van der Waals surface area contributed by atoms with Crippen LogP contribution < -0.4 is 10.1 Å². The van der Waals surface area contributed by atoms with E-state index in [0.29, 0.717) is 33.1 Å². The van der Waals surface area contributed by atoms with Crippen molar-refractivity contribution in [1.82, 2.24) is 19.7 Å². The number of anilines is 1. The summed E-state index contributed by atoms with van der Waals surface area (Å²) in [7, 11) is 1.54. The van der Waals surface area contributed by atoms with Crippen LogP contribution in [0.5, 0.6) is 5.75 Å². The topological polar surface area (TPSA) is 81.9 Å². The molecule has 0 bridgehead atoms. The highest BCUT2D eigenvalue weighted by molar-refractivity contribution is 7.99. The van der Waals surface area contributed by atoms with E-state index in [1.54, 1.807) is 24.4 Å². The highest BCUT2D eigenvalue weighted by Crippen LogP contribution is 2.29. The van der Waals surface area contributed by atoms with Gasteiger partial charge in [-0.25, -0.2) is 0 Å². The first-order valence-electron chi connectivity index (χ1n) is 9.34. The molecule has 2 aromatic heterocycles. The van der Waals surface area contributed by atoms with Crippen molar-refractivity contribution >= 4 is 35.0 Å². The molecule has 7 nitrogen and oxygen atoms in total. The lowest BCUT2D eigenvalue weighted by molar-refractivity contribution is -0.113. The Labute approximate surface area is 188 Å². The molecular weight excluding hydrogens is 434 g/mol. The van der Waals surface area contributed by atoms with Crippen molar-refractivity contribution in [3.8, 4) is 23.0 Å². The summed E-state index contributed by atoms with van der Waals surface area (Å²) in [6.45, 7) is 0. The van der Waals surface area contributed by atoms with E-state index in [2.05, 4.69) is 20.5 Å². The smallest absolute Gasteiger partial charge is 0.234 e. The molecule has 1 N–H and O–H groups in total. The van der Waals surface area contributed by atoms with Gasteiger partial charge in [-0.2, -0.15) is 0 Å². The molecule has 0 fully saturated rings. The molecule has 0 aliphatic heterocycles. The van der Waals surface area contributed by atoms with Crippen LogP contribution in [0.15, 0.2) is 78.1 Å². The van der Waals surface area contributed by atoms with Gasteiger partial charge in [0.1, 0.15) is 11.4 Å². The molecule has 0 aliphatic rings. The standard InChI is InChI=1S/C22H18ClN5O2S/c1-30-19-11-10-15(13-17(19)23)25-20(29)14-31-22-27-26-21(18-9-5-6-12-24-18)28(22)16-7-3-2-4-8-16/h2-13H,14H2,1H3,(H,25,29). The molecule has 0 saturated carbocycles. The number of hydrogen-bond acceptors (Lipinski definition) is 6. The molecule has 9 heteroatoms. The molecular formula is C22H18ClN5O2S. The number of ether oxygens (including phenoxy) is 1. The number of halogens is 1. The SMILES string of the molecule is COc1ccc(NC(=O)CSc2nnc(-c3ccccn3)n2-c2ccccc2)cc1Cl. The van der Waals surface area contributed by atoms with Gasteiger partial charge in [0.25, 0.3) is 0 Å². The number of para-hydroxylation sites is 1. The summed E-state index contributed by atoms with van der Waals surface area (Å²) in [5, 5.41) is 12.5. The van der Waals surface area contributed by atoms with E-state index in [0.717, 1.165) is 5.69 Å². The summed E-state index contributed by atoms with van der Waals surface area (Å²) < 4.78 is 7.03. The molecule has 0 atom stereocenters. The van der Waals surface area contributed by atoms with Crippen LogP contribution in [-0.2, 0) is 4.79 Å².